The van der Waals surface area contributed by atoms with Gasteiger partial charge in [0.05, 0.1) is 5.92 Å². The lowest BCUT2D eigenvalue weighted by Crippen LogP contribution is -2.35. The Morgan fingerprint density at radius 2 is 2.00 bits per heavy atom. The topological polar surface area (TPSA) is 69.6 Å². The minimum absolute atomic E-state index is 0.0243. The lowest BCUT2D eigenvalue weighted by molar-refractivity contribution is -0.124. The van der Waals surface area contributed by atoms with E-state index in [9.17, 15) is 9.59 Å². The summed E-state index contributed by atoms with van der Waals surface area (Å²) in [5.41, 5.74) is 0. The molecular weight excluding hydrogens is 184 g/mol. The largest absolute Gasteiger partial charge is 0.465 e. The fourth-order valence-electron chi connectivity index (χ4n) is 1.69. The highest BCUT2D eigenvalue weighted by Crippen LogP contribution is 2.22. The smallest absolute Gasteiger partial charge is 0.407 e. The highest BCUT2D eigenvalue weighted by molar-refractivity contribution is 5.80. The molecule has 2 amide bonds. The van der Waals surface area contributed by atoms with Gasteiger partial charge >= 0.3 is 6.09 Å². The summed E-state index contributed by atoms with van der Waals surface area (Å²) < 4.78 is 0. The van der Waals surface area contributed by atoms with Crippen LogP contribution >= 0.6 is 0 Å². The second kappa shape index (κ2) is 3.48. The zero-order chi connectivity index (χ0) is 10.1. The van der Waals surface area contributed by atoms with Crippen molar-refractivity contribution in [2.24, 2.45) is 5.92 Å². The van der Waals surface area contributed by atoms with E-state index in [2.05, 4.69) is 5.32 Å². The summed E-state index contributed by atoms with van der Waals surface area (Å²) in [7, 11) is 0. The molecule has 1 aliphatic heterocycles. The number of nitrogens with zero attached hydrogens (tertiary/aromatic N) is 1. The number of carbonyl (C=O) groups is 2. The first-order valence-corrected chi connectivity index (χ1v) is 4.95. The van der Waals surface area contributed by atoms with Crippen LogP contribution in [-0.2, 0) is 4.79 Å². The van der Waals surface area contributed by atoms with Gasteiger partial charge in [0.25, 0.3) is 0 Å². The molecule has 0 radical (unpaired) electrons. The molecule has 2 N–H and O–H groups in total. The van der Waals surface area contributed by atoms with Crippen molar-refractivity contribution in [1.29, 1.82) is 0 Å². The molecule has 0 aromatic rings. The van der Waals surface area contributed by atoms with E-state index in [0.29, 0.717) is 25.6 Å². The molecule has 2 aliphatic rings. The van der Waals surface area contributed by atoms with E-state index in [1.807, 2.05) is 0 Å². The summed E-state index contributed by atoms with van der Waals surface area (Å²) in [4.78, 5) is 23.4. The third-order valence-corrected chi connectivity index (χ3v) is 2.75. The molecule has 0 spiro atoms. The number of amides is 2. The summed E-state index contributed by atoms with van der Waals surface area (Å²) in [5.74, 6) is -0.108. The minimum Gasteiger partial charge on any atom is -0.465 e. The summed E-state index contributed by atoms with van der Waals surface area (Å²) in [5, 5.41) is 11.6. The lowest BCUT2D eigenvalue weighted by atomic mass is 10.1. The lowest BCUT2D eigenvalue weighted by Gasteiger charge is -2.12. The molecule has 1 heterocycles. The van der Waals surface area contributed by atoms with Gasteiger partial charge in [-0.25, -0.2) is 4.79 Å². The molecule has 0 aromatic carbocycles. The third-order valence-electron chi connectivity index (χ3n) is 2.75. The molecule has 5 nitrogen and oxygen atoms in total. The van der Waals surface area contributed by atoms with E-state index < -0.39 is 6.09 Å². The molecule has 1 aliphatic carbocycles. The first-order chi connectivity index (χ1) is 6.66. The number of rotatable bonds is 2. The highest BCUT2D eigenvalue weighted by atomic mass is 16.4. The molecule has 0 unspecified atom stereocenters. The van der Waals surface area contributed by atoms with Gasteiger partial charge in [0.1, 0.15) is 0 Å². The summed E-state index contributed by atoms with van der Waals surface area (Å²) in [6.07, 6.45) is 1.87. The van der Waals surface area contributed by atoms with Crippen LogP contribution < -0.4 is 5.32 Å². The van der Waals surface area contributed by atoms with E-state index in [1.54, 1.807) is 0 Å². The fraction of sp³-hybridized carbons (Fsp3) is 0.778. The minimum atomic E-state index is -0.924. The van der Waals surface area contributed by atoms with Crippen LogP contribution in [-0.4, -0.2) is 41.1 Å². The van der Waals surface area contributed by atoms with Crippen molar-refractivity contribution in [3.8, 4) is 0 Å². The summed E-state index contributed by atoms with van der Waals surface area (Å²) in [6.45, 7) is 0.839. The van der Waals surface area contributed by atoms with Crippen LogP contribution in [0.1, 0.15) is 19.3 Å². The van der Waals surface area contributed by atoms with Gasteiger partial charge in [-0.3, -0.25) is 4.79 Å². The van der Waals surface area contributed by atoms with Crippen LogP contribution in [0.25, 0.3) is 0 Å². The fourth-order valence-corrected chi connectivity index (χ4v) is 1.69. The predicted molar refractivity (Wildman–Crippen MR) is 48.9 cm³/mol. The first-order valence-electron chi connectivity index (χ1n) is 4.95. The van der Waals surface area contributed by atoms with E-state index in [1.165, 1.54) is 4.90 Å². The van der Waals surface area contributed by atoms with Crippen molar-refractivity contribution in [2.45, 2.75) is 25.3 Å². The van der Waals surface area contributed by atoms with Gasteiger partial charge in [0, 0.05) is 19.1 Å². The van der Waals surface area contributed by atoms with Crippen LogP contribution in [0, 0.1) is 5.92 Å². The van der Waals surface area contributed by atoms with Crippen molar-refractivity contribution >= 4 is 12.0 Å². The monoisotopic (exact) mass is 198 g/mol. The van der Waals surface area contributed by atoms with Gasteiger partial charge < -0.3 is 15.3 Å². The quantitative estimate of drug-likeness (QED) is 0.669. The number of nitrogens with one attached hydrogen (secondary N) is 1. The Balaban J connectivity index is 1.81. The first kappa shape index (κ1) is 9.30. The van der Waals surface area contributed by atoms with E-state index in [-0.39, 0.29) is 11.8 Å². The SMILES string of the molecule is O=C(NC1CC1)[C@H]1CCN(C(=O)O)C1. The number of hydrogen-bond donors (Lipinski definition) is 2. The Labute approximate surface area is 82.1 Å². The third kappa shape index (κ3) is 1.97. The van der Waals surface area contributed by atoms with Crippen LogP contribution in [0.5, 0.6) is 0 Å². The second-order valence-corrected chi connectivity index (χ2v) is 4.00. The van der Waals surface area contributed by atoms with Gasteiger partial charge in [-0.15, -0.1) is 0 Å². The number of carbonyl (C=O) groups excluding carboxylic acids is 1. The molecule has 1 saturated heterocycles. The Bertz CT molecular complexity index is 263. The molecular formula is C9H14N2O3. The molecule has 14 heavy (non-hydrogen) atoms. The van der Waals surface area contributed by atoms with E-state index in [4.69, 9.17) is 5.11 Å². The maximum atomic E-state index is 11.5. The van der Waals surface area contributed by atoms with Gasteiger partial charge in [0.2, 0.25) is 5.91 Å². The Morgan fingerprint density at radius 1 is 1.29 bits per heavy atom. The molecule has 1 saturated carbocycles. The van der Waals surface area contributed by atoms with Crippen molar-refractivity contribution in [1.82, 2.24) is 10.2 Å². The van der Waals surface area contributed by atoms with E-state index in [0.717, 1.165) is 12.8 Å². The van der Waals surface area contributed by atoms with Crippen molar-refractivity contribution in [3.63, 3.8) is 0 Å². The molecule has 2 fully saturated rings. The number of likely N-dealkylation sites (tertiary alicyclic amines) is 1. The summed E-state index contributed by atoms with van der Waals surface area (Å²) >= 11 is 0. The second-order valence-electron chi connectivity index (χ2n) is 4.00. The maximum Gasteiger partial charge on any atom is 0.407 e. The molecule has 0 aromatic heterocycles. The van der Waals surface area contributed by atoms with Gasteiger partial charge in [0.15, 0.2) is 0 Å². The van der Waals surface area contributed by atoms with Crippen LogP contribution in [0.3, 0.4) is 0 Å². The Hall–Kier alpha value is -1.26. The maximum absolute atomic E-state index is 11.5. The molecule has 5 heteroatoms. The van der Waals surface area contributed by atoms with Crippen molar-refractivity contribution in [3.05, 3.63) is 0 Å². The standard InChI is InChI=1S/C9H14N2O3/c12-8(10-7-1-2-7)6-3-4-11(5-6)9(13)14/h6-7H,1-5H2,(H,10,12)(H,13,14)/t6-/m0/s1. The number of hydrogen-bond acceptors (Lipinski definition) is 2. The zero-order valence-electron chi connectivity index (χ0n) is 7.90. The van der Waals surface area contributed by atoms with Gasteiger partial charge in [-0.2, -0.15) is 0 Å². The molecule has 0 bridgehead atoms. The normalized spacial score (nSPS) is 26.3. The molecule has 78 valence electrons. The Kier molecular flexibility index (Phi) is 2.31. The predicted octanol–water partition coefficient (Wildman–Crippen LogP) is 0.265. The van der Waals surface area contributed by atoms with Crippen LogP contribution in [0.4, 0.5) is 4.79 Å². The van der Waals surface area contributed by atoms with E-state index >= 15 is 0 Å². The molecule has 2 rings (SSSR count). The Morgan fingerprint density at radius 3 is 2.50 bits per heavy atom. The summed E-state index contributed by atoms with van der Waals surface area (Å²) in [6, 6.07) is 0.362. The highest BCUT2D eigenvalue weighted by Gasteiger charge is 2.33. The molecule has 1 atom stereocenters. The van der Waals surface area contributed by atoms with Crippen molar-refractivity contribution < 1.29 is 14.7 Å². The van der Waals surface area contributed by atoms with Gasteiger partial charge in [-0.1, -0.05) is 0 Å². The van der Waals surface area contributed by atoms with Crippen molar-refractivity contribution in [2.75, 3.05) is 13.1 Å². The van der Waals surface area contributed by atoms with Crippen LogP contribution in [0.2, 0.25) is 0 Å². The van der Waals surface area contributed by atoms with Crippen LogP contribution in [0.15, 0.2) is 0 Å². The number of carboxylic acid groups (broad SMARTS) is 1. The zero-order valence-corrected chi connectivity index (χ0v) is 7.90. The van der Waals surface area contributed by atoms with Gasteiger partial charge in [-0.05, 0) is 19.3 Å². The average molecular weight is 198 g/mol. The average Bonchev–Trinajstić information content (AvgIpc) is 2.81.